The molecule has 0 aliphatic heterocycles. The Morgan fingerprint density at radius 1 is 1.19 bits per heavy atom. The molecule has 0 saturated carbocycles. The van der Waals surface area contributed by atoms with Gasteiger partial charge in [0, 0.05) is 17.9 Å². The van der Waals surface area contributed by atoms with Crippen LogP contribution < -0.4 is 0 Å². The van der Waals surface area contributed by atoms with Crippen molar-refractivity contribution >= 4 is 0 Å². The van der Waals surface area contributed by atoms with Crippen LogP contribution in [0.2, 0.25) is 0 Å². The highest BCUT2D eigenvalue weighted by molar-refractivity contribution is 5.34. The topological polar surface area (TPSA) is 3.24 Å². The molecule has 1 aromatic carbocycles. The Hall–Kier alpha value is -2.02. The first-order valence-electron chi connectivity index (χ1n) is 7.32. The van der Waals surface area contributed by atoms with Crippen molar-refractivity contribution in [2.45, 2.75) is 41.2 Å². The number of allylic oxidation sites excluding steroid dienone is 5. The van der Waals surface area contributed by atoms with Crippen LogP contribution in [0, 0.1) is 13.8 Å². The van der Waals surface area contributed by atoms with Crippen molar-refractivity contribution in [3.8, 4) is 0 Å². The molecule has 0 aromatic heterocycles. The lowest BCUT2D eigenvalue weighted by atomic mass is 10.0. The van der Waals surface area contributed by atoms with E-state index in [1.54, 1.807) is 6.08 Å². The van der Waals surface area contributed by atoms with E-state index in [0.717, 1.165) is 12.2 Å². The molecule has 1 aromatic rings. The Labute approximate surface area is 130 Å². The zero-order chi connectivity index (χ0) is 16.0. The van der Waals surface area contributed by atoms with Crippen LogP contribution >= 0.6 is 0 Å². The van der Waals surface area contributed by atoms with Crippen LogP contribution in [-0.2, 0) is 6.54 Å². The predicted octanol–water partition coefficient (Wildman–Crippen LogP) is 5.68. The van der Waals surface area contributed by atoms with Crippen molar-refractivity contribution in [2.75, 3.05) is 0 Å². The summed E-state index contributed by atoms with van der Waals surface area (Å²) >= 11 is 0. The lowest BCUT2D eigenvalue weighted by Crippen LogP contribution is -2.20. The number of rotatable bonds is 6. The van der Waals surface area contributed by atoms with E-state index in [1.165, 1.54) is 28.0 Å². The van der Waals surface area contributed by atoms with Gasteiger partial charge in [0.05, 0.1) is 0 Å². The van der Waals surface area contributed by atoms with Crippen molar-refractivity contribution in [1.29, 1.82) is 0 Å². The van der Waals surface area contributed by atoms with E-state index >= 15 is 0 Å². The molecule has 0 atom stereocenters. The maximum absolute atomic E-state index is 4.15. The molecule has 1 rings (SSSR count). The first-order chi connectivity index (χ1) is 9.86. The summed E-state index contributed by atoms with van der Waals surface area (Å²) in [6, 6.07) is 6.59. The van der Waals surface area contributed by atoms with Crippen molar-refractivity contribution in [3.63, 3.8) is 0 Å². The van der Waals surface area contributed by atoms with Gasteiger partial charge in [0.2, 0.25) is 0 Å². The maximum atomic E-state index is 4.15. The van der Waals surface area contributed by atoms with Crippen LogP contribution in [0.3, 0.4) is 0 Å². The van der Waals surface area contributed by atoms with Gasteiger partial charge >= 0.3 is 0 Å². The van der Waals surface area contributed by atoms with Gasteiger partial charge in [-0.2, -0.15) is 0 Å². The van der Waals surface area contributed by atoms with Gasteiger partial charge in [-0.05, 0) is 51.8 Å². The fourth-order valence-electron chi connectivity index (χ4n) is 2.25. The van der Waals surface area contributed by atoms with E-state index < -0.39 is 0 Å². The van der Waals surface area contributed by atoms with Gasteiger partial charge < -0.3 is 4.90 Å². The van der Waals surface area contributed by atoms with Gasteiger partial charge in [-0.3, -0.25) is 0 Å². The lowest BCUT2D eigenvalue weighted by Gasteiger charge is -2.28. The molecule has 0 aliphatic carbocycles. The van der Waals surface area contributed by atoms with Gasteiger partial charge in [-0.1, -0.05) is 54.6 Å². The Balaban J connectivity index is 3.21. The Morgan fingerprint density at radius 2 is 1.86 bits per heavy atom. The van der Waals surface area contributed by atoms with Gasteiger partial charge in [-0.25, -0.2) is 0 Å². The molecule has 1 nitrogen and oxygen atoms in total. The average molecular weight is 281 g/mol. The second-order valence-corrected chi connectivity index (χ2v) is 5.73. The Kier molecular flexibility index (Phi) is 6.23. The molecule has 1 heteroatoms. The smallest absolute Gasteiger partial charge is 0.0480 e. The van der Waals surface area contributed by atoms with Crippen LogP contribution in [0.1, 0.15) is 37.5 Å². The summed E-state index contributed by atoms with van der Waals surface area (Å²) in [5.74, 6) is 0. The van der Waals surface area contributed by atoms with Crippen molar-refractivity contribution < 1.29 is 0 Å². The molecular formula is C20H27N. The number of aryl methyl sites for hydroxylation is 2. The average Bonchev–Trinajstić information content (AvgIpc) is 2.41. The summed E-state index contributed by atoms with van der Waals surface area (Å²) in [7, 11) is 0. The van der Waals surface area contributed by atoms with Gasteiger partial charge in [0.1, 0.15) is 0 Å². The van der Waals surface area contributed by atoms with Crippen molar-refractivity contribution in [2.24, 2.45) is 0 Å². The molecule has 0 N–H and O–H groups in total. The van der Waals surface area contributed by atoms with E-state index in [1.807, 2.05) is 6.08 Å². The number of hydrogen-bond donors (Lipinski definition) is 0. The molecule has 0 radical (unpaired) electrons. The molecule has 0 unspecified atom stereocenters. The molecule has 0 aliphatic rings. The first-order valence-corrected chi connectivity index (χ1v) is 7.32. The molecule has 0 amide bonds. The Morgan fingerprint density at radius 3 is 2.38 bits per heavy atom. The number of nitrogens with zero attached hydrogens (tertiary/aromatic N) is 1. The highest BCUT2D eigenvalue weighted by atomic mass is 15.1. The molecule has 112 valence electrons. The standard InChI is InChI=1S/C20H27N/c1-8-9-10-20(15(2)3)21(16(4)5)14-19-13-17(6)11-12-18(19)7/h8-13H,1,4,14H2,2-3,5-7H3/b10-9-. The third-order valence-electron chi connectivity index (χ3n) is 3.49. The minimum Gasteiger partial charge on any atom is -0.342 e. The molecule has 0 fully saturated rings. The van der Waals surface area contributed by atoms with E-state index in [9.17, 15) is 0 Å². The van der Waals surface area contributed by atoms with Gasteiger partial charge in [-0.15, -0.1) is 0 Å². The zero-order valence-electron chi connectivity index (χ0n) is 14.0. The molecule has 0 heterocycles. The second-order valence-electron chi connectivity index (χ2n) is 5.73. The molecule has 21 heavy (non-hydrogen) atoms. The third-order valence-corrected chi connectivity index (χ3v) is 3.49. The summed E-state index contributed by atoms with van der Waals surface area (Å²) in [4.78, 5) is 2.26. The van der Waals surface area contributed by atoms with Crippen LogP contribution in [0.4, 0.5) is 0 Å². The summed E-state index contributed by atoms with van der Waals surface area (Å²) in [6.07, 6.45) is 5.88. The predicted molar refractivity (Wildman–Crippen MR) is 94.0 cm³/mol. The molecular weight excluding hydrogens is 254 g/mol. The number of hydrogen-bond acceptors (Lipinski definition) is 1. The van der Waals surface area contributed by atoms with Crippen LogP contribution in [0.15, 0.2) is 66.6 Å². The molecule has 0 spiro atoms. The fourth-order valence-corrected chi connectivity index (χ4v) is 2.25. The quantitative estimate of drug-likeness (QED) is 0.607. The maximum Gasteiger partial charge on any atom is 0.0480 e. The lowest BCUT2D eigenvalue weighted by molar-refractivity contribution is 0.430. The van der Waals surface area contributed by atoms with Crippen molar-refractivity contribution in [3.05, 3.63) is 83.2 Å². The summed E-state index contributed by atoms with van der Waals surface area (Å²) in [5, 5.41) is 0. The number of benzene rings is 1. The normalized spacial score (nSPS) is 10.5. The van der Waals surface area contributed by atoms with Crippen LogP contribution in [0.5, 0.6) is 0 Å². The van der Waals surface area contributed by atoms with Gasteiger partial charge in [0.15, 0.2) is 0 Å². The highest BCUT2D eigenvalue weighted by Gasteiger charge is 2.12. The van der Waals surface area contributed by atoms with Crippen LogP contribution in [-0.4, -0.2) is 4.90 Å². The Bertz CT molecular complexity index is 584. The highest BCUT2D eigenvalue weighted by Crippen LogP contribution is 2.22. The van der Waals surface area contributed by atoms with Crippen molar-refractivity contribution in [1.82, 2.24) is 4.90 Å². The van der Waals surface area contributed by atoms with E-state index in [4.69, 9.17) is 0 Å². The zero-order valence-corrected chi connectivity index (χ0v) is 14.0. The second kappa shape index (κ2) is 7.68. The molecule has 0 saturated heterocycles. The molecule has 0 bridgehead atoms. The third kappa shape index (κ3) is 4.78. The summed E-state index contributed by atoms with van der Waals surface area (Å²) in [6.45, 7) is 19.3. The summed E-state index contributed by atoms with van der Waals surface area (Å²) < 4.78 is 0. The largest absolute Gasteiger partial charge is 0.342 e. The summed E-state index contributed by atoms with van der Waals surface area (Å²) in [5.41, 5.74) is 7.43. The first kappa shape index (κ1) is 17.0. The van der Waals surface area contributed by atoms with E-state index in [2.05, 4.69) is 77.0 Å². The van der Waals surface area contributed by atoms with E-state index in [-0.39, 0.29) is 0 Å². The monoisotopic (exact) mass is 281 g/mol. The minimum atomic E-state index is 0.838. The fraction of sp³-hybridized carbons (Fsp3) is 0.300. The minimum absolute atomic E-state index is 0.838. The van der Waals surface area contributed by atoms with E-state index in [0.29, 0.717) is 0 Å². The SMILES string of the molecule is C=C/C=C\C(=C(C)C)N(Cc1cc(C)ccc1C)C(=C)C. The van der Waals surface area contributed by atoms with Gasteiger partial charge in [0.25, 0.3) is 0 Å². The van der Waals surface area contributed by atoms with Crippen LogP contribution in [0.25, 0.3) is 0 Å².